The monoisotopic (exact) mass is 1050 g/mol. The van der Waals surface area contributed by atoms with Crippen LogP contribution in [0.4, 0.5) is 0 Å². The third kappa shape index (κ3) is 14.2. The molecule has 1 aliphatic carbocycles. The van der Waals surface area contributed by atoms with Gasteiger partial charge in [0.15, 0.2) is 5.65 Å². The summed E-state index contributed by atoms with van der Waals surface area (Å²) in [5.41, 5.74) is 7.71. The molecule has 16 heteroatoms. The smallest absolute Gasteiger partial charge is 0.259 e. The van der Waals surface area contributed by atoms with E-state index in [1.165, 1.54) is 5.56 Å². The number of nitrogens with zero attached hydrogens (tertiary/aromatic N) is 5. The van der Waals surface area contributed by atoms with Crippen molar-refractivity contribution in [1.29, 1.82) is 0 Å². The highest BCUT2D eigenvalue weighted by atomic mass is 16.5. The standard InChI is InChI=1S/C61H81N9O7/c1-39-23-26-53-49(32-39)40(2)33-46-27-29-70-56(65-46)50(36-64-70)59(74)68(37-41(3)77-53)30-28-63-54(71)22-13-11-9-10-12-16-31-76-47-25-24-44-35-52(58(73)66-51-21-17-19-43-18-14-15-20-48(43)51)69(38-45(44)34-47)60(75)55(61(5,6)7)67-57(72)42(4)62-8/h14-15,18,20,23-27,29,32,34,36,40-42,51-52,55,62H,9-13,16-17,19,21-22,28,30-31,33,35,37-38H2,1-8H3,(H,63,71)(H,66,73)(H,67,72)/t40-,41-,42+,51-,52+,55-/m0/s1. The molecule has 16 nitrogen and oxygen atoms in total. The molecule has 4 N–H and O–H groups in total. The van der Waals surface area contributed by atoms with Crippen LogP contribution in [0.2, 0.25) is 0 Å². The second kappa shape index (κ2) is 25.6. The Morgan fingerprint density at radius 3 is 2.47 bits per heavy atom. The van der Waals surface area contributed by atoms with Crippen molar-refractivity contribution < 1.29 is 33.4 Å². The molecule has 0 radical (unpaired) electrons. The lowest BCUT2D eigenvalue weighted by Gasteiger charge is -2.41. The van der Waals surface area contributed by atoms with Crippen molar-refractivity contribution in [3.63, 3.8) is 0 Å². The largest absolute Gasteiger partial charge is 0.494 e. The number of aromatic nitrogens is 3. The predicted molar refractivity (Wildman–Crippen MR) is 298 cm³/mol. The van der Waals surface area contributed by atoms with Crippen molar-refractivity contribution in [2.24, 2.45) is 5.41 Å². The van der Waals surface area contributed by atoms with Crippen LogP contribution < -0.4 is 30.7 Å². The van der Waals surface area contributed by atoms with Gasteiger partial charge in [0.2, 0.25) is 23.6 Å². The molecule has 0 saturated carbocycles. The van der Waals surface area contributed by atoms with E-state index in [0.29, 0.717) is 62.5 Å². The van der Waals surface area contributed by atoms with Gasteiger partial charge in [-0.05, 0) is 130 Å². The highest BCUT2D eigenvalue weighted by Gasteiger charge is 2.43. The van der Waals surface area contributed by atoms with Crippen molar-refractivity contribution in [1.82, 2.24) is 45.7 Å². The molecule has 412 valence electrons. The number of likely N-dealkylation sites (N-methyl/N-ethyl adjacent to an activating group) is 1. The summed E-state index contributed by atoms with van der Waals surface area (Å²) in [6.07, 6.45) is 12.9. The number of benzene rings is 3. The Kier molecular flexibility index (Phi) is 18.7. The number of ether oxygens (including phenoxy) is 2. The third-order valence-electron chi connectivity index (χ3n) is 15.5. The van der Waals surface area contributed by atoms with Gasteiger partial charge in [-0.25, -0.2) is 9.50 Å². The van der Waals surface area contributed by atoms with Crippen LogP contribution >= 0.6 is 0 Å². The Balaban J connectivity index is 0.796. The highest BCUT2D eigenvalue weighted by molar-refractivity contribution is 5.99. The summed E-state index contributed by atoms with van der Waals surface area (Å²) < 4.78 is 14.4. The van der Waals surface area contributed by atoms with Crippen LogP contribution in [-0.4, -0.2) is 111 Å². The molecule has 0 saturated heterocycles. The van der Waals surface area contributed by atoms with Gasteiger partial charge in [0.05, 0.1) is 31.4 Å². The van der Waals surface area contributed by atoms with Crippen LogP contribution in [0.1, 0.15) is 161 Å². The molecular formula is C61H81N9O7. The molecule has 0 unspecified atom stereocenters. The molecule has 3 aromatic carbocycles. The van der Waals surface area contributed by atoms with Crippen LogP contribution in [0.15, 0.2) is 79.1 Å². The van der Waals surface area contributed by atoms with E-state index >= 15 is 0 Å². The summed E-state index contributed by atoms with van der Waals surface area (Å²) in [5, 5.41) is 16.8. The Morgan fingerprint density at radius 1 is 0.896 bits per heavy atom. The number of unbranched alkanes of at least 4 members (excludes halogenated alkanes) is 5. The normalized spacial score (nSPS) is 19.3. The topological polar surface area (TPSA) is 189 Å². The minimum absolute atomic E-state index is 0.0385. The highest BCUT2D eigenvalue weighted by Crippen LogP contribution is 2.35. The van der Waals surface area contributed by atoms with E-state index in [0.717, 1.165) is 97.0 Å². The van der Waals surface area contributed by atoms with Crippen LogP contribution in [0.25, 0.3) is 5.65 Å². The first kappa shape index (κ1) is 56.4. The number of rotatable bonds is 19. The van der Waals surface area contributed by atoms with Crippen molar-refractivity contribution in [2.75, 3.05) is 33.3 Å². The van der Waals surface area contributed by atoms with E-state index in [1.807, 2.05) is 82.4 Å². The second-order valence-electron chi connectivity index (χ2n) is 22.7. The summed E-state index contributed by atoms with van der Waals surface area (Å²) in [6, 6.07) is 20.1. The van der Waals surface area contributed by atoms with E-state index in [1.54, 1.807) is 34.5 Å². The van der Waals surface area contributed by atoms with Gasteiger partial charge in [-0.15, -0.1) is 0 Å². The van der Waals surface area contributed by atoms with Crippen LogP contribution in [0, 0.1) is 12.3 Å². The lowest BCUT2D eigenvalue weighted by molar-refractivity contribution is -0.147. The summed E-state index contributed by atoms with van der Waals surface area (Å²) in [5.74, 6) is 0.631. The van der Waals surface area contributed by atoms with E-state index in [4.69, 9.17) is 14.5 Å². The molecule has 4 heterocycles. The number of fused-ring (bicyclic) bond motifs is 4. The fourth-order valence-corrected chi connectivity index (χ4v) is 11.0. The van der Waals surface area contributed by atoms with Crippen molar-refractivity contribution >= 4 is 35.2 Å². The van der Waals surface area contributed by atoms with Gasteiger partial charge in [0, 0.05) is 44.4 Å². The van der Waals surface area contributed by atoms with Crippen LogP contribution in [-0.2, 0) is 45.0 Å². The van der Waals surface area contributed by atoms with E-state index in [9.17, 15) is 24.0 Å². The SMILES string of the molecule is CN[C@H](C)C(=O)N[C@@H](C(=O)N1Cc2cc(OCCCCCCCCC(=O)NCCN3C[C@H](C)Oc4ccc(C)cc4[C@@H](C)Cc4ccn5ncc(c5n4)C3=O)ccc2C[C@@H]1C(=O)N[C@H]1CCCc2ccccc21)C(C)(C)C. The molecule has 2 bridgehead atoms. The first-order chi connectivity index (χ1) is 37.0. The number of aryl methyl sites for hydroxylation is 2. The quantitative estimate of drug-likeness (QED) is 0.0589. The molecule has 2 aromatic heterocycles. The number of carbonyl (C=O) groups excluding carboxylic acids is 5. The zero-order valence-corrected chi connectivity index (χ0v) is 46.6. The molecule has 5 amide bonds. The molecule has 3 aliphatic rings. The predicted octanol–water partition coefficient (Wildman–Crippen LogP) is 8.12. The minimum atomic E-state index is -0.867. The number of carbonyl (C=O) groups is 5. The Hall–Kier alpha value is -6.81. The van der Waals surface area contributed by atoms with Gasteiger partial charge in [-0.2, -0.15) is 5.10 Å². The average Bonchev–Trinajstić information content (AvgIpc) is 3.83. The lowest BCUT2D eigenvalue weighted by Crippen LogP contribution is -2.62. The first-order valence-electron chi connectivity index (χ1n) is 28.0. The molecule has 0 fully saturated rings. The Bertz CT molecular complexity index is 2890. The van der Waals surface area contributed by atoms with Crippen molar-refractivity contribution in [2.45, 2.75) is 168 Å². The van der Waals surface area contributed by atoms with Gasteiger partial charge in [-0.3, -0.25) is 24.0 Å². The molecule has 77 heavy (non-hydrogen) atoms. The zero-order valence-electron chi connectivity index (χ0n) is 46.6. The first-order valence-corrected chi connectivity index (χ1v) is 28.0. The van der Waals surface area contributed by atoms with Gasteiger partial charge >= 0.3 is 0 Å². The number of hydrogen-bond acceptors (Lipinski definition) is 10. The summed E-state index contributed by atoms with van der Waals surface area (Å²) >= 11 is 0. The van der Waals surface area contributed by atoms with Crippen LogP contribution in [0.3, 0.4) is 0 Å². The van der Waals surface area contributed by atoms with E-state index in [2.05, 4.69) is 58.4 Å². The lowest BCUT2D eigenvalue weighted by atomic mass is 9.83. The summed E-state index contributed by atoms with van der Waals surface area (Å²) in [6.45, 7) is 15.4. The molecular weight excluding hydrogens is 971 g/mol. The number of nitrogens with one attached hydrogen (secondary N) is 4. The Labute approximate surface area is 454 Å². The Morgan fingerprint density at radius 2 is 1.68 bits per heavy atom. The fourth-order valence-electron chi connectivity index (χ4n) is 11.0. The van der Waals surface area contributed by atoms with E-state index < -0.39 is 23.5 Å². The van der Waals surface area contributed by atoms with Gasteiger partial charge < -0.3 is 40.5 Å². The second-order valence-corrected chi connectivity index (χ2v) is 22.7. The third-order valence-corrected chi connectivity index (χ3v) is 15.5. The number of amides is 5. The maximum absolute atomic E-state index is 14.8. The summed E-state index contributed by atoms with van der Waals surface area (Å²) in [7, 11) is 1.71. The van der Waals surface area contributed by atoms with Gasteiger partial charge in [0.1, 0.15) is 35.3 Å². The minimum Gasteiger partial charge on any atom is -0.494 e. The molecule has 6 atom stereocenters. The van der Waals surface area contributed by atoms with Gasteiger partial charge in [0.25, 0.3) is 5.91 Å². The van der Waals surface area contributed by atoms with Crippen molar-refractivity contribution in [3.8, 4) is 11.5 Å². The molecule has 5 aromatic rings. The molecule has 8 rings (SSSR count). The fraction of sp³-hybridized carbons (Fsp3) is 0.525. The van der Waals surface area contributed by atoms with Gasteiger partial charge in [-0.1, -0.05) is 101 Å². The van der Waals surface area contributed by atoms with Crippen molar-refractivity contribution in [3.05, 3.63) is 124 Å². The zero-order chi connectivity index (χ0) is 54.8. The van der Waals surface area contributed by atoms with Crippen LogP contribution in [0.5, 0.6) is 11.5 Å². The maximum atomic E-state index is 14.8. The maximum Gasteiger partial charge on any atom is 0.259 e. The molecule has 2 aliphatic heterocycles. The number of hydrogen-bond donors (Lipinski definition) is 4. The average molecular weight is 1050 g/mol. The molecule has 0 spiro atoms. The summed E-state index contributed by atoms with van der Waals surface area (Å²) in [4.78, 5) is 77.8. The van der Waals surface area contributed by atoms with E-state index in [-0.39, 0.29) is 54.1 Å².